The van der Waals surface area contributed by atoms with E-state index in [1.165, 1.54) is 21.5 Å². The molecule has 0 bridgehead atoms. The third-order valence-corrected chi connectivity index (χ3v) is 4.99. The van der Waals surface area contributed by atoms with Crippen LogP contribution in [0.15, 0.2) is 72.8 Å². The van der Waals surface area contributed by atoms with E-state index in [9.17, 15) is 0 Å². The summed E-state index contributed by atoms with van der Waals surface area (Å²) in [5, 5.41) is 10.5. The van der Waals surface area contributed by atoms with E-state index in [-0.39, 0.29) is 0 Å². The van der Waals surface area contributed by atoms with Crippen LogP contribution in [0.1, 0.15) is 0 Å². The van der Waals surface area contributed by atoms with E-state index in [0.717, 1.165) is 21.7 Å². The fourth-order valence-corrected chi connectivity index (χ4v) is 3.72. The summed E-state index contributed by atoms with van der Waals surface area (Å²) >= 11 is 6.04. The Balaban J connectivity index is 0.000000393. The van der Waals surface area contributed by atoms with Crippen molar-refractivity contribution in [2.75, 3.05) is 0 Å². The van der Waals surface area contributed by atoms with Gasteiger partial charge in [0.2, 0.25) is 5.52 Å². The van der Waals surface area contributed by atoms with Crippen LogP contribution in [-0.2, 0) is 7.05 Å². The van der Waals surface area contributed by atoms with E-state index in [0.29, 0.717) is 0 Å². The van der Waals surface area contributed by atoms with Gasteiger partial charge >= 0.3 is 0 Å². The van der Waals surface area contributed by atoms with E-state index in [4.69, 9.17) is 35.3 Å². The average molecular weight is 444 g/mol. The van der Waals surface area contributed by atoms with E-state index in [1.54, 1.807) is 0 Å². The van der Waals surface area contributed by atoms with Crippen molar-refractivity contribution in [1.82, 2.24) is 9.90 Å². The Hall–Kier alpha value is -2.78. The molecule has 0 fully saturated rings. The van der Waals surface area contributed by atoms with Gasteiger partial charge in [-0.1, -0.05) is 48.0 Å². The van der Waals surface area contributed by atoms with Gasteiger partial charge in [-0.05, 0) is 52.0 Å². The maximum Gasteiger partial charge on any atom is 0.258 e. The molecule has 152 valence electrons. The average Bonchev–Trinajstić information content (AvgIpc) is 3.05. The first-order valence-corrected chi connectivity index (χ1v) is 10.4. The highest BCUT2D eigenvalue weighted by molar-refractivity contribution is 6.30. The van der Waals surface area contributed by atoms with Gasteiger partial charge in [-0.2, -0.15) is 0 Å². The van der Waals surface area contributed by atoms with Crippen LogP contribution in [0, 0.1) is 10.2 Å². The molecule has 1 aromatic heterocycles. The lowest BCUT2D eigenvalue weighted by Gasteiger charge is -2.17. The maximum atomic E-state index is 8.49. The molecular weight excluding hydrogens is 429 g/mol. The zero-order valence-electron chi connectivity index (χ0n) is 15.7. The number of nitrogens with zero attached hydrogens (tertiary/aromatic N) is 3. The molecule has 7 nitrogen and oxygen atoms in total. The smallest absolute Gasteiger partial charge is 0.222 e. The minimum atomic E-state index is -4.94. The molecule has 0 atom stereocenters. The summed E-state index contributed by atoms with van der Waals surface area (Å²) in [6, 6.07) is 24.7. The van der Waals surface area contributed by atoms with Crippen LogP contribution in [0.3, 0.4) is 0 Å². The number of hydrogen-bond donors (Lipinski definition) is 0. The van der Waals surface area contributed by atoms with Gasteiger partial charge in [-0.25, -0.2) is 18.6 Å². The van der Waals surface area contributed by atoms with Crippen LogP contribution in [0.5, 0.6) is 0 Å². The van der Waals surface area contributed by atoms with Crippen molar-refractivity contribution in [3.8, 4) is 5.69 Å². The zero-order chi connectivity index (χ0) is 21.5. The van der Waals surface area contributed by atoms with Gasteiger partial charge in [0.25, 0.3) is 5.52 Å². The molecule has 4 aromatic carbocycles. The van der Waals surface area contributed by atoms with Gasteiger partial charge in [0.05, 0.1) is 5.10 Å². The number of hydrogen-bond acceptors (Lipinski definition) is 5. The standard InChI is InChI=1S/C21H15ClN3.ClHO4/c1-24-21-19-9-5-3-7-17(19)16-6-2-4-8-18(16)20(21)23-25(24)15-12-10-14(22)11-13-15;2-1(3,4)5/h2-13H,1H3;(H,2,3,4,5)/q+1;/p-1. The molecule has 0 saturated carbocycles. The fourth-order valence-electron chi connectivity index (χ4n) is 3.59. The summed E-state index contributed by atoms with van der Waals surface area (Å²) in [6.45, 7) is 0. The zero-order valence-corrected chi connectivity index (χ0v) is 17.2. The molecule has 0 aliphatic carbocycles. The van der Waals surface area contributed by atoms with Crippen molar-refractivity contribution in [1.29, 1.82) is 0 Å². The lowest BCUT2D eigenvalue weighted by molar-refractivity contribution is -2.00. The van der Waals surface area contributed by atoms with Crippen molar-refractivity contribution >= 4 is 44.2 Å². The second-order valence-corrected chi connectivity index (χ2v) is 7.75. The van der Waals surface area contributed by atoms with Gasteiger partial charge in [-0.3, -0.25) is 0 Å². The molecule has 0 aliphatic heterocycles. The number of aryl methyl sites for hydroxylation is 1. The minimum absolute atomic E-state index is 0.721. The molecule has 0 N–H and O–H groups in total. The monoisotopic (exact) mass is 443 g/mol. The van der Waals surface area contributed by atoms with Gasteiger partial charge in [0.1, 0.15) is 12.7 Å². The molecular formula is C21H15Cl2N3O4. The molecule has 0 radical (unpaired) electrons. The first-order chi connectivity index (χ1) is 14.2. The topological polar surface area (TPSA) is 114 Å². The number of rotatable bonds is 1. The van der Waals surface area contributed by atoms with E-state index < -0.39 is 10.2 Å². The highest BCUT2D eigenvalue weighted by Gasteiger charge is 2.23. The van der Waals surface area contributed by atoms with Crippen molar-refractivity contribution in [3.05, 3.63) is 77.8 Å². The Kier molecular flexibility index (Phi) is 5.33. The van der Waals surface area contributed by atoms with Gasteiger partial charge in [0, 0.05) is 15.8 Å². The minimum Gasteiger partial charge on any atom is -0.222 e. The SMILES string of the molecule is C[n+]1c2c3ccccc3c3ccccc3c2nn1-c1ccc(Cl)cc1.[O-][Cl+3]([O-])([O-])[O-]. The Morgan fingerprint density at radius 2 is 1.23 bits per heavy atom. The van der Waals surface area contributed by atoms with Crippen LogP contribution in [0.4, 0.5) is 0 Å². The number of benzene rings is 4. The first-order valence-electron chi connectivity index (χ1n) is 8.80. The van der Waals surface area contributed by atoms with Gasteiger partial charge in [-0.15, -0.1) is 14.9 Å². The molecule has 5 aromatic rings. The molecule has 5 rings (SSSR count). The second-order valence-electron chi connectivity index (χ2n) is 6.56. The molecule has 0 amide bonds. The van der Waals surface area contributed by atoms with Crippen molar-refractivity contribution < 1.29 is 33.6 Å². The Morgan fingerprint density at radius 1 is 0.767 bits per heavy atom. The van der Waals surface area contributed by atoms with E-state index in [2.05, 4.69) is 53.2 Å². The summed E-state index contributed by atoms with van der Waals surface area (Å²) in [5.74, 6) is 0. The predicted octanol–water partition coefficient (Wildman–Crippen LogP) is 0.0538. The number of aromatic nitrogens is 3. The predicted molar refractivity (Wildman–Crippen MR) is 102 cm³/mol. The maximum absolute atomic E-state index is 8.49. The van der Waals surface area contributed by atoms with Crippen LogP contribution < -0.4 is 23.3 Å². The highest BCUT2D eigenvalue weighted by atomic mass is 35.7. The van der Waals surface area contributed by atoms with Crippen molar-refractivity contribution in [2.24, 2.45) is 7.05 Å². The summed E-state index contributed by atoms with van der Waals surface area (Å²) < 4.78 is 36.1. The Morgan fingerprint density at radius 3 is 1.80 bits per heavy atom. The quantitative estimate of drug-likeness (QED) is 0.268. The number of halogens is 2. The highest BCUT2D eigenvalue weighted by Crippen LogP contribution is 2.32. The third-order valence-electron chi connectivity index (χ3n) is 4.74. The Labute approximate surface area is 178 Å². The Bertz CT molecular complexity index is 1360. The summed E-state index contributed by atoms with van der Waals surface area (Å²) in [5.41, 5.74) is 3.12. The molecule has 30 heavy (non-hydrogen) atoms. The van der Waals surface area contributed by atoms with Crippen LogP contribution in [-0.4, -0.2) is 9.90 Å². The molecule has 0 unspecified atom stereocenters. The fraction of sp³-hybridized carbons (Fsp3) is 0.0476. The van der Waals surface area contributed by atoms with Gasteiger partial charge < -0.3 is 0 Å². The van der Waals surface area contributed by atoms with Crippen molar-refractivity contribution in [3.63, 3.8) is 0 Å². The first kappa shape index (κ1) is 20.5. The van der Waals surface area contributed by atoms with Gasteiger partial charge in [0.15, 0.2) is 0 Å². The third kappa shape index (κ3) is 3.95. The van der Waals surface area contributed by atoms with E-state index >= 15 is 0 Å². The lowest BCUT2D eigenvalue weighted by Crippen LogP contribution is -2.68. The summed E-state index contributed by atoms with van der Waals surface area (Å²) in [4.78, 5) is 1.93. The van der Waals surface area contributed by atoms with Crippen LogP contribution in [0.25, 0.3) is 38.3 Å². The second kappa shape index (κ2) is 7.81. The summed E-state index contributed by atoms with van der Waals surface area (Å²) in [7, 11) is -2.90. The summed E-state index contributed by atoms with van der Waals surface area (Å²) in [6.07, 6.45) is 0. The van der Waals surface area contributed by atoms with Crippen LogP contribution in [0.2, 0.25) is 5.02 Å². The van der Waals surface area contributed by atoms with Crippen molar-refractivity contribution in [2.45, 2.75) is 0 Å². The van der Waals surface area contributed by atoms with Crippen LogP contribution >= 0.6 is 11.6 Å². The lowest BCUT2D eigenvalue weighted by atomic mass is 10.00. The molecule has 1 heterocycles. The number of fused-ring (bicyclic) bond motifs is 6. The molecule has 0 saturated heterocycles. The molecule has 0 aliphatic rings. The normalized spacial score (nSPS) is 11.7. The molecule has 9 heteroatoms. The molecule has 0 spiro atoms. The van der Waals surface area contributed by atoms with E-state index in [1.807, 2.05) is 36.1 Å². The largest absolute Gasteiger partial charge is 0.258 e.